The van der Waals surface area contributed by atoms with Gasteiger partial charge < -0.3 is 19.9 Å². The number of aliphatic carboxylic acids is 1. The van der Waals surface area contributed by atoms with E-state index in [0.717, 1.165) is 0 Å². The highest BCUT2D eigenvalue weighted by Crippen LogP contribution is 2.07. The first-order valence-corrected chi connectivity index (χ1v) is 6.47. The van der Waals surface area contributed by atoms with Gasteiger partial charge in [-0.25, -0.2) is 4.79 Å². The van der Waals surface area contributed by atoms with Crippen molar-refractivity contribution >= 4 is 18.0 Å². The number of amides is 1. The molecular formula is C13H23NO6. The number of hydrogen-bond donors (Lipinski definition) is 2. The van der Waals surface area contributed by atoms with E-state index in [9.17, 15) is 14.4 Å². The van der Waals surface area contributed by atoms with Crippen LogP contribution in [0.5, 0.6) is 0 Å². The van der Waals surface area contributed by atoms with E-state index < -0.39 is 29.6 Å². The molecule has 0 aliphatic heterocycles. The van der Waals surface area contributed by atoms with Crippen LogP contribution in [0.2, 0.25) is 0 Å². The molecule has 0 aromatic rings. The third-order valence-corrected chi connectivity index (χ3v) is 2.21. The molecule has 1 atom stereocenters. The Morgan fingerprint density at radius 3 is 2.35 bits per heavy atom. The molecule has 1 unspecified atom stereocenters. The number of carboxylic acid groups (broad SMARTS) is 1. The molecule has 0 aromatic heterocycles. The molecule has 0 fully saturated rings. The first-order chi connectivity index (χ1) is 9.11. The molecule has 0 aliphatic carbocycles. The zero-order chi connectivity index (χ0) is 15.8. The van der Waals surface area contributed by atoms with Gasteiger partial charge >= 0.3 is 18.0 Å². The van der Waals surface area contributed by atoms with Gasteiger partial charge in [-0.15, -0.1) is 0 Å². The van der Waals surface area contributed by atoms with Crippen molar-refractivity contribution in [3.63, 3.8) is 0 Å². The van der Waals surface area contributed by atoms with Crippen molar-refractivity contribution in [2.45, 2.75) is 46.1 Å². The molecule has 0 aromatic carbocycles. The van der Waals surface area contributed by atoms with E-state index in [1.54, 1.807) is 27.7 Å². The summed E-state index contributed by atoms with van der Waals surface area (Å²) in [6, 6.07) is 0. The third kappa shape index (κ3) is 10.2. The number of carboxylic acids is 1. The second-order valence-corrected chi connectivity index (χ2v) is 5.43. The van der Waals surface area contributed by atoms with Gasteiger partial charge in [0.1, 0.15) is 12.2 Å². The maximum Gasteiger partial charge on any atom is 0.407 e. The van der Waals surface area contributed by atoms with Crippen molar-refractivity contribution in [3.05, 3.63) is 0 Å². The number of nitrogens with one attached hydrogen (secondary N) is 1. The lowest BCUT2D eigenvalue weighted by atomic mass is 10.1. The highest BCUT2D eigenvalue weighted by atomic mass is 16.6. The Kier molecular flexibility index (Phi) is 7.64. The summed E-state index contributed by atoms with van der Waals surface area (Å²) in [5, 5.41) is 10.9. The SMILES string of the molecule is CC(CCNC(=O)OC(C)(C)C)C(=O)OCCC(=O)O. The molecule has 0 heterocycles. The predicted molar refractivity (Wildman–Crippen MR) is 71.2 cm³/mol. The summed E-state index contributed by atoms with van der Waals surface area (Å²) >= 11 is 0. The van der Waals surface area contributed by atoms with Gasteiger partial charge in [0.2, 0.25) is 0 Å². The lowest BCUT2D eigenvalue weighted by Gasteiger charge is -2.20. The Morgan fingerprint density at radius 1 is 1.25 bits per heavy atom. The summed E-state index contributed by atoms with van der Waals surface area (Å²) < 4.78 is 9.83. The van der Waals surface area contributed by atoms with E-state index in [1.165, 1.54) is 0 Å². The number of carbonyl (C=O) groups is 3. The lowest BCUT2D eigenvalue weighted by Crippen LogP contribution is -2.34. The first-order valence-electron chi connectivity index (χ1n) is 6.47. The van der Waals surface area contributed by atoms with Crippen LogP contribution in [0, 0.1) is 5.92 Å². The van der Waals surface area contributed by atoms with E-state index in [2.05, 4.69) is 5.32 Å². The molecule has 0 rings (SSSR count). The Labute approximate surface area is 118 Å². The van der Waals surface area contributed by atoms with Gasteiger partial charge in [-0.2, -0.15) is 0 Å². The number of rotatable bonds is 7. The van der Waals surface area contributed by atoms with Crippen molar-refractivity contribution in [3.8, 4) is 0 Å². The van der Waals surface area contributed by atoms with Crippen LogP contribution in [0.4, 0.5) is 4.79 Å². The van der Waals surface area contributed by atoms with Crippen LogP contribution in [-0.4, -0.2) is 41.9 Å². The van der Waals surface area contributed by atoms with Gasteiger partial charge in [-0.3, -0.25) is 9.59 Å². The zero-order valence-electron chi connectivity index (χ0n) is 12.4. The number of carbonyl (C=O) groups excluding carboxylic acids is 2. The minimum atomic E-state index is -1.02. The van der Waals surface area contributed by atoms with Gasteiger partial charge in [-0.05, 0) is 27.2 Å². The summed E-state index contributed by atoms with van der Waals surface area (Å²) in [4.78, 5) is 33.1. The van der Waals surface area contributed by atoms with Crippen LogP contribution < -0.4 is 5.32 Å². The fourth-order valence-corrected chi connectivity index (χ4v) is 1.20. The third-order valence-electron chi connectivity index (χ3n) is 2.21. The van der Waals surface area contributed by atoms with Crippen molar-refractivity contribution in [1.29, 1.82) is 0 Å². The fourth-order valence-electron chi connectivity index (χ4n) is 1.20. The molecule has 2 N–H and O–H groups in total. The van der Waals surface area contributed by atoms with E-state index in [0.29, 0.717) is 6.42 Å². The highest BCUT2D eigenvalue weighted by molar-refractivity contribution is 5.73. The number of hydrogen-bond acceptors (Lipinski definition) is 5. The maximum absolute atomic E-state index is 11.5. The smallest absolute Gasteiger partial charge is 0.407 e. The van der Waals surface area contributed by atoms with Crippen LogP contribution >= 0.6 is 0 Å². The van der Waals surface area contributed by atoms with Gasteiger partial charge in [0, 0.05) is 6.54 Å². The van der Waals surface area contributed by atoms with Crippen LogP contribution in [0.1, 0.15) is 40.5 Å². The normalized spacial score (nSPS) is 12.4. The summed E-state index contributed by atoms with van der Waals surface area (Å²) in [7, 11) is 0. The summed E-state index contributed by atoms with van der Waals surface area (Å²) in [5.41, 5.74) is -0.564. The monoisotopic (exact) mass is 289 g/mol. The molecular weight excluding hydrogens is 266 g/mol. The van der Waals surface area contributed by atoms with Crippen molar-refractivity contribution in [1.82, 2.24) is 5.32 Å². The highest BCUT2D eigenvalue weighted by Gasteiger charge is 2.18. The molecule has 0 saturated heterocycles. The Morgan fingerprint density at radius 2 is 1.85 bits per heavy atom. The van der Waals surface area contributed by atoms with Gasteiger partial charge in [0.05, 0.1) is 12.3 Å². The molecule has 0 saturated carbocycles. The van der Waals surface area contributed by atoms with Crippen molar-refractivity contribution in [2.24, 2.45) is 5.92 Å². The average Bonchev–Trinajstić information content (AvgIpc) is 2.25. The molecule has 0 spiro atoms. The van der Waals surface area contributed by atoms with E-state index in [-0.39, 0.29) is 19.6 Å². The molecule has 7 nitrogen and oxygen atoms in total. The second-order valence-electron chi connectivity index (χ2n) is 5.43. The minimum Gasteiger partial charge on any atom is -0.481 e. The zero-order valence-corrected chi connectivity index (χ0v) is 12.4. The van der Waals surface area contributed by atoms with Gasteiger partial charge in [0.15, 0.2) is 0 Å². The van der Waals surface area contributed by atoms with Crippen LogP contribution in [0.15, 0.2) is 0 Å². The quantitative estimate of drug-likeness (QED) is 0.689. The minimum absolute atomic E-state index is 0.141. The Hall–Kier alpha value is -1.79. The van der Waals surface area contributed by atoms with Crippen molar-refractivity contribution in [2.75, 3.05) is 13.2 Å². The van der Waals surface area contributed by atoms with E-state index in [1.807, 2.05) is 0 Å². The largest absolute Gasteiger partial charge is 0.481 e. The molecule has 1 amide bonds. The van der Waals surface area contributed by atoms with Crippen LogP contribution in [0.3, 0.4) is 0 Å². The van der Waals surface area contributed by atoms with E-state index in [4.69, 9.17) is 14.6 Å². The molecule has 7 heteroatoms. The molecule has 116 valence electrons. The van der Waals surface area contributed by atoms with E-state index >= 15 is 0 Å². The second kappa shape index (κ2) is 8.39. The molecule has 0 aliphatic rings. The fraction of sp³-hybridized carbons (Fsp3) is 0.769. The van der Waals surface area contributed by atoms with Gasteiger partial charge in [-0.1, -0.05) is 6.92 Å². The van der Waals surface area contributed by atoms with Crippen molar-refractivity contribution < 1.29 is 29.0 Å². The van der Waals surface area contributed by atoms with Crippen LogP contribution in [-0.2, 0) is 19.1 Å². The standard InChI is InChI=1S/C13H23NO6/c1-9(11(17)19-8-6-10(15)16)5-7-14-12(18)20-13(2,3)4/h9H,5-8H2,1-4H3,(H,14,18)(H,15,16). The first kappa shape index (κ1) is 18.2. The lowest BCUT2D eigenvalue weighted by molar-refractivity contribution is -0.150. The summed E-state index contributed by atoms with van der Waals surface area (Å²) in [6.07, 6.45) is -0.358. The Balaban J connectivity index is 3.81. The predicted octanol–water partition coefficient (Wildman–Crippen LogP) is 1.56. The number of ether oxygens (including phenoxy) is 2. The van der Waals surface area contributed by atoms with Crippen LogP contribution in [0.25, 0.3) is 0 Å². The summed E-state index contributed by atoms with van der Waals surface area (Å²) in [5.74, 6) is -1.91. The molecule has 0 bridgehead atoms. The molecule has 20 heavy (non-hydrogen) atoms. The van der Waals surface area contributed by atoms with Gasteiger partial charge in [0.25, 0.3) is 0 Å². The number of alkyl carbamates (subject to hydrolysis) is 1. The molecule has 0 radical (unpaired) electrons. The number of esters is 1. The Bertz CT molecular complexity index is 347. The maximum atomic E-state index is 11.5. The summed E-state index contributed by atoms with van der Waals surface area (Å²) in [6.45, 7) is 7.07. The average molecular weight is 289 g/mol. The topological polar surface area (TPSA) is 102 Å².